The predicted octanol–water partition coefficient (Wildman–Crippen LogP) is 1.66. The Bertz CT molecular complexity index is 579. The minimum Gasteiger partial charge on any atom is -0.481 e. The van der Waals surface area contributed by atoms with Crippen LogP contribution in [-0.2, 0) is 20.4 Å². The van der Waals surface area contributed by atoms with E-state index in [2.05, 4.69) is 4.72 Å². The fourth-order valence-corrected chi connectivity index (χ4v) is 2.40. The number of carbonyl (C=O) groups is 1. The maximum atomic E-state index is 11.8. The van der Waals surface area contributed by atoms with Gasteiger partial charge in [0.1, 0.15) is 0 Å². The van der Waals surface area contributed by atoms with Crippen LogP contribution >= 0.6 is 0 Å². The van der Waals surface area contributed by atoms with Gasteiger partial charge in [0.2, 0.25) is 0 Å². The Labute approximate surface area is 119 Å². The van der Waals surface area contributed by atoms with Crippen molar-refractivity contribution in [3.8, 4) is 0 Å². The second-order valence-electron chi connectivity index (χ2n) is 5.03. The van der Waals surface area contributed by atoms with Gasteiger partial charge in [-0.3, -0.25) is 9.52 Å². The van der Waals surface area contributed by atoms with Gasteiger partial charge in [-0.25, -0.2) is 0 Å². The molecule has 2 N–H and O–H groups in total. The van der Waals surface area contributed by atoms with Gasteiger partial charge < -0.3 is 5.11 Å². The molecule has 0 bridgehead atoms. The number of nitrogens with one attached hydrogen (secondary N) is 1. The van der Waals surface area contributed by atoms with Crippen molar-refractivity contribution in [3.05, 3.63) is 29.8 Å². The Kier molecular flexibility index (Phi) is 4.77. The fourth-order valence-electron chi connectivity index (χ4n) is 1.48. The van der Waals surface area contributed by atoms with Gasteiger partial charge in [0.15, 0.2) is 0 Å². The van der Waals surface area contributed by atoms with Crippen LogP contribution in [0.15, 0.2) is 24.3 Å². The molecule has 0 heterocycles. The quantitative estimate of drug-likeness (QED) is 0.836. The lowest BCUT2D eigenvalue weighted by Gasteiger charge is -2.20. The van der Waals surface area contributed by atoms with Crippen molar-refractivity contribution >= 4 is 21.9 Å². The van der Waals surface area contributed by atoms with Gasteiger partial charge in [-0.2, -0.15) is 12.7 Å². The first-order chi connectivity index (χ1) is 9.11. The number of hydrogen-bond acceptors (Lipinski definition) is 3. The molecule has 1 aromatic carbocycles. The molecule has 0 unspecified atom stereocenters. The number of benzene rings is 1. The summed E-state index contributed by atoms with van der Waals surface area (Å²) in [4.78, 5) is 11.1. The van der Waals surface area contributed by atoms with E-state index in [4.69, 9.17) is 5.11 Å². The zero-order valence-corrected chi connectivity index (χ0v) is 12.9. The molecular weight excluding hydrogens is 280 g/mol. The SMILES string of the molecule is CCN(C)S(=O)(=O)Nc1ccc(C(C)(C)C(=O)O)cc1. The van der Waals surface area contributed by atoms with Crippen LogP contribution in [0.4, 0.5) is 5.69 Å². The molecule has 0 saturated heterocycles. The Balaban J connectivity index is 2.96. The van der Waals surface area contributed by atoms with E-state index in [1.807, 2.05) is 0 Å². The molecular formula is C13H20N2O4S. The number of carboxylic acids is 1. The van der Waals surface area contributed by atoms with Crippen molar-refractivity contribution in [2.45, 2.75) is 26.2 Å². The summed E-state index contributed by atoms with van der Waals surface area (Å²) in [6.45, 7) is 5.29. The third kappa shape index (κ3) is 3.49. The molecule has 0 radical (unpaired) electrons. The monoisotopic (exact) mass is 300 g/mol. The van der Waals surface area contributed by atoms with E-state index >= 15 is 0 Å². The number of hydrogen-bond donors (Lipinski definition) is 2. The molecule has 0 amide bonds. The van der Waals surface area contributed by atoms with Crippen LogP contribution in [0.5, 0.6) is 0 Å². The molecule has 0 aliphatic rings. The van der Waals surface area contributed by atoms with Crippen LogP contribution in [-0.4, -0.2) is 37.4 Å². The van der Waals surface area contributed by atoms with Crippen LogP contribution in [0.3, 0.4) is 0 Å². The fraction of sp³-hybridized carbons (Fsp3) is 0.462. The Hall–Kier alpha value is -1.60. The Morgan fingerprint density at radius 2 is 1.80 bits per heavy atom. The van der Waals surface area contributed by atoms with E-state index < -0.39 is 21.6 Å². The second kappa shape index (κ2) is 5.80. The maximum Gasteiger partial charge on any atom is 0.313 e. The van der Waals surface area contributed by atoms with Gasteiger partial charge in [-0.15, -0.1) is 0 Å². The van der Waals surface area contributed by atoms with E-state index in [0.717, 1.165) is 0 Å². The van der Waals surface area contributed by atoms with Crippen LogP contribution in [0.2, 0.25) is 0 Å². The lowest BCUT2D eigenvalue weighted by Crippen LogP contribution is -2.32. The minimum atomic E-state index is -3.56. The summed E-state index contributed by atoms with van der Waals surface area (Å²) < 4.78 is 27.3. The summed E-state index contributed by atoms with van der Waals surface area (Å²) >= 11 is 0. The van der Waals surface area contributed by atoms with E-state index in [9.17, 15) is 13.2 Å². The number of nitrogens with zero attached hydrogens (tertiary/aromatic N) is 1. The minimum absolute atomic E-state index is 0.361. The lowest BCUT2D eigenvalue weighted by molar-refractivity contribution is -0.142. The maximum absolute atomic E-state index is 11.8. The van der Waals surface area contributed by atoms with Gasteiger partial charge in [-0.1, -0.05) is 19.1 Å². The van der Waals surface area contributed by atoms with Crippen molar-refractivity contribution < 1.29 is 18.3 Å². The summed E-state index contributed by atoms with van der Waals surface area (Å²) in [7, 11) is -2.08. The van der Waals surface area contributed by atoms with E-state index in [1.165, 1.54) is 11.4 Å². The first-order valence-corrected chi connectivity index (χ1v) is 7.63. The third-order valence-electron chi connectivity index (χ3n) is 3.24. The van der Waals surface area contributed by atoms with Crippen molar-refractivity contribution in [3.63, 3.8) is 0 Å². The molecule has 6 nitrogen and oxygen atoms in total. The van der Waals surface area contributed by atoms with Crippen molar-refractivity contribution in [1.29, 1.82) is 0 Å². The van der Waals surface area contributed by atoms with Gasteiger partial charge >= 0.3 is 16.2 Å². The van der Waals surface area contributed by atoms with Gasteiger partial charge in [0.05, 0.1) is 5.41 Å². The molecule has 112 valence electrons. The highest BCUT2D eigenvalue weighted by molar-refractivity contribution is 7.90. The number of aliphatic carboxylic acids is 1. The highest BCUT2D eigenvalue weighted by Crippen LogP contribution is 2.25. The van der Waals surface area contributed by atoms with Crippen LogP contribution in [0.1, 0.15) is 26.3 Å². The van der Waals surface area contributed by atoms with Crippen molar-refractivity contribution in [1.82, 2.24) is 4.31 Å². The lowest BCUT2D eigenvalue weighted by atomic mass is 9.85. The molecule has 0 fully saturated rings. The van der Waals surface area contributed by atoms with E-state index in [1.54, 1.807) is 45.0 Å². The largest absolute Gasteiger partial charge is 0.481 e. The summed E-state index contributed by atoms with van der Waals surface area (Å²) in [6, 6.07) is 6.33. The average Bonchev–Trinajstić information content (AvgIpc) is 2.37. The van der Waals surface area contributed by atoms with Gasteiger partial charge in [-0.05, 0) is 31.5 Å². The van der Waals surface area contributed by atoms with Crippen LogP contribution < -0.4 is 4.72 Å². The van der Waals surface area contributed by atoms with E-state index in [-0.39, 0.29) is 0 Å². The zero-order valence-electron chi connectivity index (χ0n) is 12.0. The number of anilines is 1. The molecule has 0 aliphatic carbocycles. The summed E-state index contributed by atoms with van der Waals surface area (Å²) in [5, 5.41) is 9.14. The molecule has 20 heavy (non-hydrogen) atoms. The van der Waals surface area contributed by atoms with Crippen LogP contribution in [0.25, 0.3) is 0 Å². The topological polar surface area (TPSA) is 86.7 Å². The molecule has 0 spiro atoms. The second-order valence-corrected chi connectivity index (χ2v) is 6.81. The Morgan fingerprint density at radius 1 is 1.30 bits per heavy atom. The number of carboxylic acid groups (broad SMARTS) is 1. The normalized spacial score (nSPS) is 12.4. The van der Waals surface area contributed by atoms with Crippen LogP contribution in [0, 0.1) is 0 Å². The molecule has 0 aliphatic heterocycles. The first-order valence-electron chi connectivity index (χ1n) is 6.19. The van der Waals surface area contributed by atoms with Gasteiger partial charge in [0, 0.05) is 19.3 Å². The number of rotatable bonds is 6. The first kappa shape index (κ1) is 16.5. The highest BCUT2D eigenvalue weighted by atomic mass is 32.2. The average molecular weight is 300 g/mol. The summed E-state index contributed by atoms with van der Waals surface area (Å²) in [5.74, 6) is -0.934. The molecule has 1 aromatic rings. The third-order valence-corrected chi connectivity index (χ3v) is 4.82. The van der Waals surface area contributed by atoms with Gasteiger partial charge in [0.25, 0.3) is 0 Å². The zero-order chi connectivity index (χ0) is 15.6. The highest BCUT2D eigenvalue weighted by Gasteiger charge is 2.29. The Morgan fingerprint density at radius 3 is 2.20 bits per heavy atom. The molecule has 0 saturated carbocycles. The molecule has 7 heteroatoms. The van der Waals surface area contributed by atoms with Crippen molar-refractivity contribution in [2.24, 2.45) is 0 Å². The predicted molar refractivity (Wildman–Crippen MR) is 78.0 cm³/mol. The van der Waals surface area contributed by atoms with E-state index in [0.29, 0.717) is 17.8 Å². The molecule has 0 aromatic heterocycles. The molecule has 1 rings (SSSR count). The summed E-state index contributed by atoms with van der Waals surface area (Å²) in [5.41, 5.74) is -0.00974. The molecule has 0 atom stereocenters. The van der Waals surface area contributed by atoms with Crippen molar-refractivity contribution in [2.75, 3.05) is 18.3 Å². The smallest absolute Gasteiger partial charge is 0.313 e. The standard InChI is InChI=1S/C13H20N2O4S/c1-5-15(4)20(18,19)14-11-8-6-10(7-9-11)13(2,3)12(16)17/h6-9,14H,5H2,1-4H3,(H,16,17). The summed E-state index contributed by atoms with van der Waals surface area (Å²) in [6.07, 6.45) is 0.